The van der Waals surface area contributed by atoms with Crippen LogP contribution in [0.5, 0.6) is 0 Å². The summed E-state index contributed by atoms with van der Waals surface area (Å²) in [5.41, 5.74) is 2.85. The Morgan fingerprint density at radius 2 is 1.63 bits per heavy atom. The van der Waals surface area contributed by atoms with Gasteiger partial charge in [0.05, 0.1) is 0 Å². The number of hydrogen-bond acceptors (Lipinski definition) is 2. The molecule has 0 unspecified atom stereocenters. The van der Waals surface area contributed by atoms with Gasteiger partial charge >= 0.3 is 0 Å². The maximum Gasteiger partial charge on any atom is 0.239 e. The predicted molar refractivity (Wildman–Crippen MR) is 110 cm³/mol. The number of benzene rings is 2. The van der Waals surface area contributed by atoms with Crippen molar-refractivity contribution >= 4 is 17.5 Å². The quantitative estimate of drug-likeness (QED) is 0.753. The van der Waals surface area contributed by atoms with E-state index in [1.54, 1.807) is 18.7 Å². The van der Waals surface area contributed by atoms with Crippen molar-refractivity contribution in [3.8, 4) is 0 Å². The molecule has 2 amide bonds. The van der Waals surface area contributed by atoms with Crippen molar-refractivity contribution in [1.29, 1.82) is 0 Å². The predicted octanol–water partition coefficient (Wildman–Crippen LogP) is 4.71. The maximum atomic E-state index is 13.2. The monoisotopic (exact) mass is 366 g/mol. The first-order chi connectivity index (χ1) is 12.6. The van der Waals surface area contributed by atoms with Gasteiger partial charge in [-0.1, -0.05) is 36.4 Å². The number of amides is 2. The van der Waals surface area contributed by atoms with Crippen molar-refractivity contribution in [2.45, 2.75) is 54.1 Å². The summed E-state index contributed by atoms with van der Waals surface area (Å²) in [7, 11) is 0. The van der Waals surface area contributed by atoms with Crippen molar-refractivity contribution < 1.29 is 9.59 Å². The number of nitrogens with zero attached hydrogens (tertiary/aromatic N) is 1. The molecule has 4 nitrogen and oxygen atoms in total. The Bertz CT molecular complexity index is 810. The van der Waals surface area contributed by atoms with Gasteiger partial charge in [-0.2, -0.15) is 0 Å². The lowest BCUT2D eigenvalue weighted by molar-refractivity contribution is -0.148. The van der Waals surface area contributed by atoms with Crippen molar-refractivity contribution in [1.82, 2.24) is 4.90 Å². The number of carbonyl (C=O) groups excluding carboxylic acids is 2. The molecule has 0 heterocycles. The molecule has 0 atom stereocenters. The van der Waals surface area contributed by atoms with Gasteiger partial charge in [0.15, 0.2) is 0 Å². The molecule has 2 rings (SSSR count). The number of carbonyl (C=O) groups is 2. The Morgan fingerprint density at radius 3 is 2.19 bits per heavy atom. The van der Waals surface area contributed by atoms with Crippen LogP contribution in [0.3, 0.4) is 0 Å². The van der Waals surface area contributed by atoms with Crippen LogP contribution < -0.4 is 5.32 Å². The second-order valence-electron chi connectivity index (χ2n) is 7.89. The standard InChI is InChI=1S/C23H30N2O2/c1-16(2)25(15-19-10-8-7-9-11-19)22(27)23(5,6)21(26)24-20-13-12-17(3)18(4)14-20/h7-14,16H,15H2,1-6H3,(H,24,26). The Balaban J connectivity index is 2.19. The van der Waals surface area contributed by atoms with E-state index in [2.05, 4.69) is 5.32 Å². The lowest BCUT2D eigenvalue weighted by Gasteiger charge is -2.34. The molecule has 27 heavy (non-hydrogen) atoms. The third-order valence-electron chi connectivity index (χ3n) is 4.95. The van der Waals surface area contributed by atoms with Crippen molar-refractivity contribution in [2.75, 3.05) is 5.32 Å². The molecule has 2 aromatic carbocycles. The van der Waals surface area contributed by atoms with Crippen LogP contribution in [0.4, 0.5) is 5.69 Å². The molecule has 0 aromatic heterocycles. The molecule has 0 aliphatic rings. The Morgan fingerprint density at radius 1 is 1.00 bits per heavy atom. The minimum Gasteiger partial charge on any atom is -0.335 e. The van der Waals surface area contributed by atoms with E-state index in [4.69, 9.17) is 0 Å². The Hall–Kier alpha value is -2.62. The van der Waals surface area contributed by atoms with Gasteiger partial charge in [-0.05, 0) is 70.4 Å². The molecule has 2 aromatic rings. The molecular formula is C23H30N2O2. The highest BCUT2D eigenvalue weighted by molar-refractivity contribution is 6.09. The fourth-order valence-electron chi connectivity index (χ4n) is 2.83. The zero-order valence-corrected chi connectivity index (χ0v) is 17.2. The molecule has 144 valence electrons. The van der Waals surface area contributed by atoms with E-state index < -0.39 is 5.41 Å². The first kappa shape index (κ1) is 20.7. The van der Waals surface area contributed by atoms with Gasteiger partial charge in [0.25, 0.3) is 0 Å². The van der Waals surface area contributed by atoms with Gasteiger partial charge < -0.3 is 10.2 Å². The highest BCUT2D eigenvalue weighted by Gasteiger charge is 2.40. The number of rotatable bonds is 6. The summed E-state index contributed by atoms with van der Waals surface area (Å²) in [6.07, 6.45) is 0. The molecule has 0 fully saturated rings. The summed E-state index contributed by atoms with van der Waals surface area (Å²) in [6, 6.07) is 15.6. The fraction of sp³-hybridized carbons (Fsp3) is 0.391. The first-order valence-corrected chi connectivity index (χ1v) is 9.36. The zero-order chi connectivity index (χ0) is 20.2. The number of anilines is 1. The molecule has 0 bridgehead atoms. The van der Waals surface area contributed by atoms with Crippen LogP contribution in [0.25, 0.3) is 0 Å². The van der Waals surface area contributed by atoms with Gasteiger partial charge in [-0.25, -0.2) is 0 Å². The highest BCUT2D eigenvalue weighted by atomic mass is 16.2. The molecular weight excluding hydrogens is 336 g/mol. The lowest BCUT2D eigenvalue weighted by Crippen LogP contribution is -2.49. The first-order valence-electron chi connectivity index (χ1n) is 9.36. The van der Waals surface area contributed by atoms with Crippen LogP contribution >= 0.6 is 0 Å². The lowest BCUT2D eigenvalue weighted by atomic mass is 9.89. The molecule has 4 heteroatoms. The minimum absolute atomic E-state index is 0.00796. The Kier molecular flexibility index (Phi) is 6.42. The van der Waals surface area contributed by atoms with Crippen LogP contribution in [0.1, 0.15) is 44.4 Å². The molecule has 0 saturated heterocycles. The number of aryl methyl sites for hydroxylation is 2. The summed E-state index contributed by atoms with van der Waals surface area (Å²) in [5.74, 6) is -0.475. The SMILES string of the molecule is Cc1ccc(NC(=O)C(C)(C)C(=O)N(Cc2ccccc2)C(C)C)cc1C. The van der Waals surface area contributed by atoms with E-state index in [9.17, 15) is 9.59 Å². The summed E-state index contributed by atoms with van der Waals surface area (Å²) >= 11 is 0. The molecule has 1 N–H and O–H groups in total. The third kappa shape index (κ3) is 4.97. The summed E-state index contributed by atoms with van der Waals surface area (Å²) in [6.45, 7) is 11.8. The van der Waals surface area contributed by atoms with Crippen LogP contribution in [0.2, 0.25) is 0 Å². The molecule has 0 saturated carbocycles. The molecule has 0 aliphatic carbocycles. The molecule has 0 aliphatic heterocycles. The number of nitrogens with one attached hydrogen (secondary N) is 1. The second-order valence-corrected chi connectivity index (χ2v) is 7.89. The van der Waals surface area contributed by atoms with Crippen molar-refractivity contribution in [3.63, 3.8) is 0 Å². The van der Waals surface area contributed by atoms with Gasteiger partial charge in [0.2, 0.25) is 11.8 Å². The molecule has 0 spiro atoms. The minimum atomic E-state index is -1.17. The van der Waals surface area contributed by atoms with Crippen molar-refractivity contribution in [2.24, 2.45) is 5.41 Å². The largest absolute Gasteiger partial charge is 0.335 e. The summed E-state index contributed by atoms with van der Waals surface area (Å²) in [5, 5.41) is 2.90. The van der Waals surface area contributed by atoms with E-state index in [0.717, 1.165) is 16.7 Å². The van der Waals surface area contributed by atoms with Crippen LogP contribution in [0.15, 0.2) is 48.5 Å². The maximum absolute atomic E-state index is 13.2. The van der Waals surface area contributed by atoms with E-state index in [1.165, 1.54) is 0 Å². The number of hydrogen-bond donors (Lipinski definition) is 1. The van der Waals surface area contributed by atoms with Gasteiger partial charge in [0.1, 0.15) is 5.41 Å². The zero-order valence-electron chi connectivity index (χ0n) is 17.2. The second kappa shape index (κ2) is 8.38. The summed E-state index contributed by atoms with van der Waals surface area (Å²) in [4.78, 5) is 27.9. The summed E-state index contributed by atoms with van der Waals surface area (Å²) < 4.78 is 0. The normalized spacial score (nSPS) is 11.4. The van der Waals surface area contributed by atoms with E-state index in [-0.39, 0.29) is 17.9 Å². The van der Waals surface area contributed by atoms with Crippen LogP contribution in [0, 0.1) is 19.3 Å². The average Bonchev–Trinajstić information content (AvgIpc) is 2.62. The van der Waals surface area contributed by atoms with Crippen LogP contribution in [-0.4, -0.2) is 22.8 Å². The van der Waals surface area contributed by atoms with E-state index in [1.807, 2.05) is 76.2 Å². The van der Waals surface area contributed by atoms with E-state index >= 15 is 0 Å². The topological polar surface area (TPSA) is 49.4 Å². The fourth-order valence-corrected chi connectivity index (χ4v) is 2.83. The average molecular weight is 367 g/mol. The van der Waals surface area contributed by atoms with Crippen molar-refractivity contribution in [3.05, 3.63) is 65.2 Å². The van der Waals surface area contributed by atoms with E-state index in [0.29, 0.717) is 12.2 Å². The van der Waals surface area contributed by atoms with Gasteiger partial charge in [0, 0.05) is 18.3 Å². The van der Waals surface area contributed by atoms with Gasteiger partial charge in [-0.3, -0.25) is 9.59 Å². The van der Waals surface area contributed by atoms with Gasteiger partial charge in [-0.15, -0.1) is 0 Å². The van der Waals surface area contributed by atoms with Crippen LogP contribution in [-0.2, 0) is 16.1 Å². The Labute approximate surface area is 162 Å². The third-order valence-corrected chi connectivity index (χ3v) is 4.95. The highest BCUT2D eigenvalue weighted by Crippen LogP contribution is 2.25. The molecule has 0 radical (unpaired) electrons. The smallest absolute Gasteiger partial charge is 0.239 e.